The molecule has 1 saturated heterocycles. The van der Waals surface area contributed by atoms with Gasteiger partial charge in [0.2, 0.25) is 0 Å². The maximum Gasteiger partial charge on any atom is 0.410 e. The number of aromatic amines is 1. The number of amides is 1. The molecule has 1 aromatic carbocycles. The van der Waals surface area contributed by atoms with Crippen LogP contribution >= 0.6 is 0 Å². The first kappa shape index (κ1) is 17.5. The Morgan fingerprint density at radius 3 is 2.56 bits per heavy atom. The Morgan fingerprint density at radius 2 is 1.92 bits per heavy atom. The Balaban J connectivity index is 1.82. The highest BCUT2D eigenvalue weighted by atomic mass is 16.6. The monoisotopic (exact) mass is 341 g/mol. The highest BCUT2D eigenvalue weighted by molar-refractivity contribution is 5.69. The Bertz CT molecular complexity index is 753. The summed E-state index contributed by atoms with van der Waals surface area (Å²) in [6, 6.07) is 6.39. The fourth-order valence-corrected chi connectivity index (χ4v) is 3.37. The number of carbonyl (C=O) groups excluding carboxylic acids is 1. The van der Waals surface area contributed by atoms with Crippen molar-refractivity contribution in [3.8, 4) is 11.3 Å². The van der Waals surface area contributed by atoms with E-state index in [4.69, 9.17) is 4.74 Å². The van der Waals surface area contributed by atoms with Gasteiger partial charge >= 0.3 is 6.09 Å². The largest absolute Gasteiger partial charge is 0.444 e. The normalized spacial score (nSPS) is 17.8. The molecule has 0 saturated carbocycles. The molecular formula is C20H27N3O2. The highest BCUT2D eigenvalue weighted by Crippen LogP contribution is 2.33. The summed E-state index contributed by atoms with van der Waals surface area (Å²) in [5.74, 6) is 0.831. The summed E-state index contributed by atoms with van der Waals surface area (Å²) >= 11 is 0. The molecule has 25 heavy (non-hydrogen) atoms. The van der Waals surface area contributed by atoms with Crippen LogP contribution in [-0.2, 0) is 4.74 Å². The molecule has 5 heteroatoms. The zero-order chi connectivity index (χ0) is 18.2. The summed E-state index contributed by atoms with van der Waals surface area (Å²) in [6.45, 7) is 10.6. The molecule has 1 amide bonds. The fraction of sp³-hybridized carbons (Fsp3) is 0.500. The van der Waals surface area contributed by atoms with E-state index in [1.165, 1.54) is 11.1 Å². The molecule has 1 atom stereocenters. The Morgan fingerprint density at radius 1 is 1.24 bits per heavy atom. The number of nitrogens with one attached hydrogen (secondary N) is 1. The molecule has 1 aromatic heterocycles. The topological polar surface area (TPSA) is 58.2 Å². The fourth-order valence-electron chi connectivity index (χ4n) is 3.37. The first-order chi connectivity index (χ1) is 11.7. The lowest BCUT2D eigenvalue weighted by Crippen LogP contribution is -2.36. The van der Waals surface area contributed by atoms with Crippen molar-refractivity contribution in [3.63, 3.8) is 0 Å². The first-order valence-corrected chi connectivity index (χ1v) is 8.86. The molecule has 134 valence electrons. The lowest BCUT2D eigenvalue weighted by molar-refractivity contribution is 0.0219. The number of nitrogens with zero attached hydrogens (tertiary/aromatic N) is 2. The van der Waals surface area contributed by atoms with Crippen LogP contribution in [-0.4, -0.2) is 33.1 Å². The van der Waals surface area contributed by atoms with Crippen LogP contribution in [0.5, 0.6) is 0 Å². The van der Waals surface area contributed by atoms with Gasteiger partial charge in [0.25, 0.3) is 0 Å². The molecule has 0 aliphatic carbocycles. The number of hydrogen-bond acceptors (Lipinski definition) is 3. The maximum atomic E-state index is 12.5. The van der Waals surface area contributed by atoms with Crippen molar-refractivity contribution in [2.24, 2.45) is 0 Å². The van der Waals surface area contributed by atoms with Crippen LogP contribution in [0.2, 0.25) is 0 Å². The second-order valence-corrected chi connectivity index (χ2v) is 7.89. The van der Waals surface area contributed by atoms with E-state index in [2.05, 4.69) is 42.0 Å². The summed E-state index contributed by atoms with van der Waals surface area (Å²) in [7, 11) is 0. The van der Waals surface area contributed by atoms with E-state index < -0.39 is 5.60 Å². The molecule has 1 N–H and O–H groups in total. The van der Waals surface area contributed by atoms with Crippen LogP contribution < -0.4 is 0 Å². The number of imidazole rings is 1. The third kappa shape index (κ3) is 4.03. The number of aryl methyl sites for hydroxylation is 2. The van der Waals surface area contributed by atoms with Crippen molar-refractivity contribution < 1.29 is 9.53 Å². The lowest BCUT2D eigenvalue weighted by Gasteiger charge is -2.27. The van der Waals surface area contributed by atoms with Crippen molar-refractivity contribution in [1.29, 1.82) is 0 Å². The Hall–Kier alpha value is -2.30. The number of ether oxygens (including phenoxy) is 1. The predicted octanol–water partition coefficient (Wildman–Crippen LogP) is 4.77. The number of carbonyl (C=O) groups is 1. The van der Waals surface area contributed by atoms with Gasteiger partial charge in [-0.25, -0.2) is 9.78 Å². The minimum absolute atomic E-state index is 0.0468. The number of rotatable bonds is 2. The van der Waals surface area contributed by atoms with Crippen molar-refractivity contribution in [2.75, 3.05) is 6.54 Å². The van der Waals surface area contributed by atoms with Crippen LogP contribution in [0.3, 0.4) is 0 Å². The SMILES string of the molecule is Cc1cc(C)cc(-c2cnc(C3CCCN3C(=O)OC(C)(C)C)[nH]2)c1. The molecule has 0 bridgehead atoms. The van der Waals surface area contributed by atoms with E-state index in [-0.39, 0.29) is 12.1 Å². The summed E-state index contributed by atoms with van der Waals surface area (Å²) < 4.78 is 5.54. The van der Waals surface area contributed by atoms with Crippen LogP contribution in [0, 0.1) is 13.8 Å². The van der Waals surface area contributed by atoms with Crippen LogP contribution in [0.15, 0.2) is 24.4 Å². The molecule has 0 spiro atoms. The number of H-pyrrole nitrogens is 1. The van der Waals surface area contributed by atoms with Gasteiger partial charge in [0, 0.05) is 12.1 Å². The molecule has 1 unspecified atom stereocenters. The molecule has 2 aromatic rings. The zero-order valence-corrected chi connectivity index (χ0v) is 15.7. The zero-order valence-electron chi connectivity index (χ0n) is 15.7. The van der Waals surface area contributed by atoms with E-state index in [1.54, 1.807) is 4.90 Å². The molecule has 1 aliphatic heterocycles. The molecule has 3 rings (SSSR count). The van der Waals surface area contributed by atoms with Gasteiger partial charge in [0.15, 0.2) is 0 Å². The van der Waals surface area contributed by atoms with Gasteiger partial charge in [-0.15, -0.1) is 0 Å². The van der Waals surface area contributed by atoms with Gasteiger partial charge in [0.1, 0.15) is 11.4 Å². The standard InChI is InChI=1S/C20H27N3O2/c1-13-9-14(2)11-15(10-13)16-12-21-18(22-16)17-7-6-8-23(17)19(24)25-20(3,4)5/h9-12,17H,6-8H2,1-5H3,(H,21,22). The maximum absolute atomic E-state index is 12.5. The van der Waals surface area contributed by atoms with Crippen LogP contribution in [0.1, 0.15) is 56.6 Å². The Labute approximate surface area is 149 Å². The number of hydrogen-bond donors (Lipinski definition) is 1. The average molecular weight is 341 g/mol. The van der Waals surface area contributed by atoms with Crippen LogP contribution in [0.4, 0.5) is 4.79 Å². The highest BCUT2D eigenvalue weighted by Gasteiger charge is 2.34. The van der Waals surface area contributed by atoms with Gasteiger partial charge in [-0.05, 0) is 59.6 Å². The average Bonchev–Trinajstić information content (AvgIpc) is 3.13. The lowest BCUT2D eigenvalue weighted by atomic mass is 10.1. The van der Waals surface area contributed by atoms with Crippen molar-refractivity contribution in [2.45, 2.75) is 59.1 Å². The first-order valence-electron chi connectivity index (χ1n) is 8.86. The molecule has 1 fully saturated rings. The number of likely N-dealkylation sites (tertiary alicyclic amines) is 1. The summed E-state index contributed by atoms with van der Waals surface area (Å²) in [6.07, 6.45) is 3.46. The van der Waals surface area contributed by atoms with Gasteiger partial charge in [0.05, 0.1) is 17.9 Å². The van der Waals surface area contributed by atoms with E-state index in [0.717, 1.165) is 29.9 Å². The summed E-state index contributed by atoms with van der Waals surface area (Å²) in [4.78, 5) is 22.2. The second kappa shape index (κ2) is 6.54. The van der Waals surface area contributed by atoms with Gasteiger partial charge in [-0.1, -0.05) is 17.2 Å². The minimum atomic E-state index is -0.488. The predicted molar refractivity (Wildman–Crippen MR) is 98.4 cm³/mol. The number of benzene rings is 1. The van der Waals surface area contributed by atoms with Gasteiger partial charge in [-0.2, -0.15) is 0 Å². The van der Waals surface area contributed by atoms with Crippen molar-refractivity contribution >= 4 is 6.09 Å². The van der Waals surface area contributed by atoms with E-state index in [9.17, 15) is 4.79 Å². The van der Waals surface area contributed by atoms with Gasteiger partial charge in [-0.3, -0.25) is 4.90 Å². The molecule has 0 radical (unpaired) electrons. The van der Waals surface area contributed by atoms with E-state index in [0.29, 0.717) is 6.54 Å². The second-order valence-electron chi connectivity index (χ2n) is 7.89. The Kier molecular flexibility index (Phi) is 4.58. The molecular weight excluding hydrogens is 314 g/mol. The molecule has 2 heterocycles. The molecule has 1 aliphatic rings. The van der Waals surface area contributed by atoms with Crippen molar-refractivity contribution in [1.82, 2.24) is 14.9 Å². The van der Waals surface area contributed by atoms with E-state index in [1.807, 2.05) is 27.0 Å². The van der Waals surface area contributed by atoms with E-state index >= 15 is 0 Å². The minimum Gasteiger partial charge on any atom is -0.444 e. The molecule has 5 nitrogen and oxygen atoms in total. The summed E-state index contributed by atoms with van der Waals surface area (Å²) in [5, 5.41) is 0. The van der Waals surface area contributed by atoms with Crippen molar-refractivity contribution in [3.05, 3.63) is 41.3 Å². The summed E-state index contributed by atoms with van der Waals surface area (Å²) in [5.41, 5.74) is 4.07. The number of aromatic nitrogens is 2. The third-order valence-electron chi connectivity index (χ3n) is 4.32. The van der Waals surface area contributed by atoms with Crippen LogP contribution in [0.25, 0.3) is 11.3 Å². The quantitative estimate of drug-likeness (QED) is 0.856. The van der Waals surface area contributed by atoms with Gasteiger partial charge < -0.3 is 9.72 Å². The smallest absolute Gasteiger partial charge is 0.410 e. The third-order valence-corrected chi connectivity index (χ3v) is 4.32.